The first-order valence-electron chi connectivity index (χ1n) is 6.32. The molecule has 2 aromatic rings. The van der Waals surface area contributed by atoms with E-state index in [2.05, 4.69) is 5.32 Å². The van der Waals surface area contributed by atoms with E-state index in [9.17, 15) is 10.1 Å². The maximum Gasteiger partial charge on any atom is 0.292 e. The number of nitro benzene ring substituents is 1. The molecular formula is C14H16N2O4. The Bertz CT molecular complexity index is 567. The van der Waals surface area contributed by atoms with E-state index in [1.54, 1.807) is 18.4 Å². The topological polar surface area (TPSA) is 77.5 Å². The minimum absolute atomic E-state index is 0.0611. The van der Waals surface area contributed by atoms with E-state index >= 15 is 0 Å². The normalized spacial score (nSPS) is 10.4. The van der Waals surface area contributed by atoms with E-state index in [1.807, 2.05) is 19.1 Å². The Balaban J connectivity index is 2.09. The van der Waals surface area contributed by atoms with Crippen molar-refractivity contribution in [2.45, 2.75) is 20.1 Å². The van der Waals surface area contributed by atoms with Crippen LogP contribution < -0.4 is 5.32 Å². The van der Waals surface area contributed by atoms with Crippen molar-refractivity contribution in [3.8, 4) is 0 Å². The summed E-state index contributed by atoms with van der Waals surface area (Å²) in [7, 11) is 0. The molecule has 1 heterocycles. The second kappa shape index (κ2) is 6.72. The summed E-state index contributed by atoms with van der Waals surface area (Å²) in [6.07, 6.45) is 1.58. The third-order valence-electron chi connectivity index (χ3n) is 2.76. The number of hydrogen-bond donors (Lipinski definition) is 1. The van der Waals surface area contributed by atoms with Gasteiger partial charge in [0.25, 0.3) is 5.69 Å². The molecule has 0 aliphatic heterocycles. The zero-order chi connectivity index (χ0) is 14.4. The molecule has 6 nitrogen and oxygen atoms in total. The van der Waals surface area contributed by atoms with Crippen molar-refractivity contribution in [2.75, 3.05) is 11.9 Å². The lowest BCUT2D eigenvalue weighted by atomic mass is 10.1. The molecule has 2 rings (SSSR count). The molecule has 0 atom stereocenters. The first-order valence-corrected chi connectivity index (χ1v) is 6.32. The Morgan fingerprint density at radius 2 is 2.15 bits per heavy atom. The van der Waals surface area contributed by atoms with Gasteiger partial charge in [0.05, 0.1) is 17.8 Å². The van der Waals surface area contributed by atoms with Crippen LogP contribution >= 0.6 is 0 Å². The van der Waals surface area contributed by atoms with Gasteiger partial charge in [0.1, 0.15) is 18.1 Å². The molecule has 0 fully saturated rings. The van der Waals surface area contributed by atoms with Gasteiger partial charge in [-0.25, -0.2) is 0 Å². The molecule has 0 spiro atoms. The molecule has 0 aliphatic carbocycles. The van der Waals surface area contributed by atoms with Gasteiger partial charge >= 0.3 is 0 Å². The summed E-state index contributed by atoms with van der Waals surface area (Å²) in [5, 5.41) is 14.0. The van der Waals surface area contributed by atoms with Crippen molar-refractivity contribution in [1.82, 2.24) is 0 Å². The molecule has 1 N–H and O–H groups in total. The maximum atomic E-state index is 11.0. The van der Waals surface area contributed by atoms with Crippen LogP contribution in [0.3, 0.4) is 0 Å². The van der Waals surface area contributed by atoms with Gasteiger partial charge < -0.3 is 14.5 Å². The number of rotatable bonds is 7. The quantitative estimate of drug-likeness (QED) is 0.620. The fourth-order valence-corrected chi connectivity index (χ4v) is 1.90. The summed E-state index contributed by atoms with van der Waals surface area (Å²) in [6.45, 7) is 3.12. The van der Waals surface area contributed by atoms with Crippen molar-refractivity contribution in [3.63, 3.8) is 0 Å². The average molecular weight is 276 g/mol. The highest BCUT2D eigenvalue weighted by Crippen LogP contribution is 2.28. The fourth-order valence-electron chi connectivity index (χ4n) is 1.90. The van der Waals surface area contributed by atoms with Crippen molar-refractivity contribution >= 4 is 11.4 Å². The van der Waals surface area contributed by atoms with Crippen LogP contribution in [0.4, 0.5) is 11.4 Å². The number of benzene rings is 1. The van der Waals surface area contributed by atoms with Crippen molar-refractivity contribution in [1.29, 1.82) is 0 Å². The third kappa shape index (κ3) is 3.36. The van der Waals surface area contributed by atoms with Crippen LogP contribution in [0.15, 0.2) is 41.0 Å². The van der Waals surface area contributed by atoms with Crippen LogP contribution in [0.5, 0.6) is 0 Å². The standard InChI is InChI=1S/C14H16N2O4/c1-2-15-14-11(5-3-7-13(14)16(17)18)9-19-10-12-6-4-8-20-12/h3-8,15H,2,9-10H2,1H3. The second-order valence-electron chi connectivity index (χ2n) is 4.17. The molecule has 0 saturated heterocycles. The van der Waals surface area contributed by atoms with Crippen LogP contribution in [0.25, 0.3) is 0 Å². The largest absolute Gasteiger partial charge is 0.467 e. The molecule has 0 amide bonds. The van der Waals surface area contributed by atoms with E-state index in [0.717, 1.165) is 11.3 Å². The first-order chi connectivity index (χ1) is 9.72. The van der Waals surface area contributed by atoms with Crippen LogP contribution in [-0.2, 0) is 18.0 Å². The molecule has 1 aromatic carbocycles. The molecule has 0 unspecified atom stereocenters. The van der Waals surface area contributed by atoms with Gasteiger partial charge in [0.2, 0.25) is 0 Å². The number of ether oxygens (including phenoxy) is 1. The highest BCUT2D eigenvalue weighted by molar-refractivity contribution is 5.66. The van der Waals surface area contributed by atoms with Gasteiger partial charge in [-0.3, -0.25) is 10.1 Å². The fraction of sp³-hybridized carbons (Fsp3) is 0.286. The molecule has 0 saturated carbocycles. The number of anilines is 1. The number of hydrogen-bond acceptors (Lipinski definition) is 5. The molecule has 0 bridgehead atoms. The summed E-state index contributed by atoms with van der Waals surface area (Å²) in [5.74, 6) is 0.723. The van der Waals surface area contributed by atoms with Crippen LogP contribution in [0.2, 0.25) is 0 Å². The summed E-state index contributed by atoms with van der Waals surface area (Å²) in [5.41, 5.74) is 1.33. The number of furan rings is 1. The van der Waals surface area contributed by atoms with Gasteiger partial charge in [0, 0.05) is 18.2 Å². The van der Waals surface area contributed by atoms with Gasteiger partial charge in [-0.2, -0.15) is 0 Å². The third-order valence-corrected chi connectivity index (χ3v) is 2.76. The Labute approximate surface area is 116 Å². The van der Waals surface area contributed by atoms with Gasteiger partial charge in [-0.05, 0) is 19.1 Å². The summed E-state index contributed by atoms with van der Waals surface area (Å²) in [6, 6.07) is 8.56. The van der Waals surface area contributed by atoms with Crippen LogP contribution in [0, 0.1) is 10.1 Å². The van der Waals surface area contributed by atoms with Crippen molar-refractivity contribution in [3.05, 3.63) is 58.0 Å². The van der Waals surface area contributed by atoms with E-state index in [-0.39, 0.29) is 12.3 Å². The summed E-state index contributed by atoms with van der Waals surface area (Å²) in [4.78, 5) is 10.6. The lowest BCUT2D eigenvalue weighted by Gasteiger charge is -2.11. The predicted molar refractivity (Wildman–Crippen MR) is 74.5 cm³/mol. The van der Waals surface area contributed by atoms with Crippen LogP contribution in [0.1, 0.15) is 18.2 Å². The molecule has 6 heteroatoms. The molecule has 106 valence electrons. The highest BCUT2D eigenvalue weighted by Gasteiger charge is 2.16. The number of nitrogens with zero attached hydrogens (tertiary/aromatic N) is 1. The monoisotopic (exact) mass is 276 g/mol. The maximum absolute atomic E-state index is 11.0. The molecule has 20 heavy (non-hydrogen) atoms. The second-order valence-corrected chi connectivity index (χ2v) is 4.17. The minimum Gasteiger partial charge on any atom is -0.467 e. The first kappa shape index (κ1) is 14.1. The van der Waals surface area contributed by atoms with Gasteiger partial charge in [0.15, 0.2) is 0 Å². The van der Waals surface area contributed by atoms with Crippen LogP contribution in [-0.4, -0.2) is 11.5 Å². The lowest BCUT2D eigenvalue weighted by molar-refractivity contribution is -0.384. The Morgan fingerprint density at radius 1 is 1.30 bits per heavy atom. The number of para-hydroxylation sites is 1. The number of nitro groups is 1. The molecule has 0 aliphatic rings. The minimum atomic E-state index is -0.395. The Kier molecular flexibility index (Phi) is 4.73. The zero-order valence-corrected chi connectivity index (χ0v) is 11.2. The smallest absolute Gasteiger partial charge is 0.292 e. The Hall–Kier alpha value is -2.34. The summed E-state index contributed by atoms with van der Waals surface area (Å²) < 4.78 is 10.7. The zero-order valence-electron chi connectivity index (χ0n) is 11.2. The van der Waals surface area contributed by atoms with Crippen molar-refractivity contribution < 1.29 is 14.1 Å². The lowest BCUT2D eigenvalue weighted by Crippen LogP contribution is -2.06. The molecular weight excluding hydrogens is 260 g/mol. The van der Waals surface area contributed by atoms with E-state index in [0.29, 0.717) is 18.8 Å². The molecule has 1 aromatic heterocycles. The predicted octanol–water partition coefficient (Wildman–Crippen LogP) is 3.34. The van der Waals surface area contributed by atoms with Gasteiger partial charge in [-0.1, -0.05) is 12.1 Å². The Morgan fingerprint density at radius 3 is 2.80 bits per heavy atom. The van der Waals surface area contributed by atoms with Crippen molar-refractivity contribution in [2.24, 2.45) is 0 Å². The summed E-state index contributed by atoms with van der Waals surface area (Å²) >= 11 is 0. The van der Waals surface area contributed by atoms with Gasteiger partial charge in [-0.15, -0.1) is 0 Å². The highest BCUT2D eigenvalue weighted by atomic mass is 16.6. The SMILES string of the molecule is CCNc1c(COCc2ccco2)cccc1[N+](=O)[O-]. The molecule has 0 radical (unpaired) electrons. The van der Waals surface area contributed by atoms with E-state index in [4.69, 9.17) is 9.15 Å². The van der Waals surface area contributed by atoms with E-state index < -0.39 is 4.92 Å². The average Bonchev–Trinajstić information content (AvgIpc) is 2.93. The van der Waals surface area contributed by atoms with E-state index in [1.165, 1.54) is 6.07 Å². The number of nitrogens with one attached hydrogen (secondary N) is 1.